The summed E-state index contributed by atoms with van der Waals surface area (Å²) in [6, 6.07) is 5.92. The molecule has 1 unspecified atom stereocenters. The minimum atomic E-state index is -0.887. The maximum atomic E-state index is 11.4. The van der Waals surface area contributed by atoms with E-state index < -0.39 is 5.97 Å². The zero-order valence-electron chi connectivity index (χ0n) is 12.2. The molecular weight excluding hydrogens is 264 g/mol. The molecule has 1 N–H and O–H groups in total. The smallest absolute Gasteiger partial charge is 0.337 e. The van der Waals surface area contributed by atoms with E-state index in [1.54, 1.807) is 6.07 Å². The van der Waals surface area contributed by atoms with E-state index in [0.717, 1.165) is 17.3 Å². The minimum absolute atomic E-state index is 0.326. The molecule has 0 bridgehead atoms. The molecule has 4 rings (SSSR count). The molecule has 4 heteroatoms. The Morgan fingerprint density at radius 2 is 2.14 bits per heavy atom. The fourth-order valence-corrected chi connectivity index (χ4v) is 3.34. The number of benzene rings is 1. The zero-order valence-corrected chi connectivity index (χ0v) is 12.2. The van der Waals surface area contributed by atoms with Crippen LogP contribution in [0, 0.1) is 5.92 Å². The molecule has 2 aliphatic carbocycles. The van der Waals surface area contributed by atoms with Crippen LogP contribution in [0.5, 0.6) is 0 Å². The monoisotopic (exact) mass is 284 g/mol. The molecule has 4 nitrogen and oxygen atoms in total. The summed E-state index contributed by atoms with van der Waals surface area (Å²) in [7, 11) is 0. The third kappa shape index (κ3) is 2.23. The summed E-state index contributed by atoms with van der Waals surface area (Å²) in [6.07, 6.45) is 6.23. The lowest BCUT2D eigenvalue weighted by molar-refractivity contribution is 0.0699. The van der Waals surface area contributed by atoms with Gasteiger partial charge in [-0.15, -0.1) is 0 Å². The highest BCUT2D eigenvalue weighted by Crippen LogP contribution is 2.44. The van der Waals surface area contributed by atoms with Crippen LogP contribution < -0.4 is 0 Å². The van der Waals surface area contributed by atoms with Gasteiger partial charge in [0.2, 0.25) is 0 Å². The van der Waals surface area contributed by atoms with E-state index in [1.165, 1.54) is 32.1 Å². The van der Waals surface area contributed by atoms with Crippen LogP contribution in [-0.4, -0.2) is 20.6 Å². The van der Waals surface area contributed by atoms with Crippen molar-refractivity contribution >= 4 is 17.0 Å². The Labute approximate surface area is 123 Å². The number of aromatic nitrogens is 2. The van der Waals surface area contributed by atoms with Crippen LogP contribution in [0.1, 0.15) is 67.2 Å². The zero-order chi connectivity index (χ0) is 14.6. The number of hydrogen-bond acceptors (Lipinski definition) is 2. The molecule has 0 spiro atoms. The normalized spacial score (nSPS) is 19.9. The van der Waals surface area contributed by atoms with Crippen LogP contribution in [0.15, 0.2) is 18.2 Å². The van der Waals surface area contributed by atoms with Crippen molar-refractivity contribution < 1.29 is 9.90 Å². The first kappa shape index (κ1) is 12.9. The number of para-hydroxylation sites is 1. The maximum absolute atomic E-state index is 11.4. The Kier molecular flexibility index (Phi) is 2.81. The fourth-order valence-electron chi connectivity index (χ4n) is 3.34. The van der Waals surface area contributed by atoms with Crippen molar-refractivity contribution in [2.24, 2.45) is 5.92 Å². The van der Waals surface area contributed by atoms with Crippen molar-refractivity contribution in [1.82, 2.24) is 9.55 Å². The standard InChI is InChI=1S/C17H20N2O2/c1-10(9-11-5-6-11)19-14-4-2-3-13(17(20)21)15(14)18-16(19)12-7-8-12/h2-4,10-12H,5-9H2,1H3,(H,20,21). The summed E-state index contributed by atoms with van der Waals surface area (Å²) in [6.45, 7) is 2.25. The molecule has 1 atom stereocenters. The quantitative estimate of drug-likeness (QED) is 0.903. The molecule has 21 heavy (non-hydrogen) atoms. The summed E-state index contributed by atoms with van der Waals surface area (Å²) >= 11 is 0. The van der Waals surface area contributed by atoms with Crippen LogP contribution in [0.4, 0.5) is 0 Å². The topological polar surface area (TPSA) is 55.1 Å². The average molecular weight is 284 g/mol. The molecule has 2 fully saturated rings. The first-order valence-electron chi connectivity index (χ1n) is 7.89. The first-order chi connectivity index (χ1) is 10.1. The average Bonchev–Trinajstić information content (AvgIpc) is 3.36. The Balaban J connectivity index is 1.87. The number of imidazole rings is 1. The molecule has 0 amide bonds. The van der Waals surface area contributed by atoms with Crippen molar-refractivity contribution in [3.63, 3.8) is 0 Å². The highest BCUT2D eigenvalue weighted by atomic mass is 16.4. The van der Waals surface area contributed by atoms with Crippen LogP contribution in [0.25, 0.3) is 11.0 Å². The Hall–Kier alpha value is -1.84. The predicted octanol–water partition coefficient (Wildman–Crippen LogP) is 3.97. The van der Waals surface area contributed by atoms with Crippen molar-refractivity contribution in [2.75, 3.05) is 0 Å². The lowest BCUT2D eigenvalue weighted by atomic mass is 10.1. The molecule has 1 heterocycles. The van der Waals surface area contributed by atoms with E-state index in [-0.39, 0.29) is 0 Å². The van der Waals surface area contributed by atoms with E-state index in [0.29, 0.717) is 23.0 Å². The van der Waals surface area contributed by atoms with E-state index in [1.807, 2.05) is 12.1 Å². The molecule has 1 aromatic carbocycles. The van der Waals surface area contributed by atoms with E-state index in [9.17, 15) is 9.90 Å². The number of carboxylic acid groups (broad SMARTS) is 1. The number of rotatable bonds is 5. The number of fused-ring (bicyclic) bond motifs is 1. The largest absolute Gasteiger partial charge is 0.478 e. The third-order valence-corrected chi connectivity index (χ3v) is 4.73. The van der Waals surface area contributed by atoms with Gasteiger partial charge in [0.25, 0.3) is 0 Å². The van der Waals surface area contributed by atoms with Gasteiger partial charge in [-0.25, -0.2) is 9.78 Å². The lowest BCUT2D eigenvalue weighted by Gasteiger charge is -2.17. The highest BCUT2D eigenvalue weighted by molar-refractivity contribution is 6.01. The molecule has 1 aromatic heterocycles. The summed E-state index contributed by atoms with van der Waals surface area (Å²) in [4.78, 5) is 16.2. The summed E-state index contributed by atoms with van der Waals surface area (Å²) < 4.78 is 2.32. The van der Waals surface area contributed by atoms with Gasteiger partial charge in [-0.05, 0) is 44.2 Å². The minimum Gasteiger partial charge on any atom is -0.478 e. The number of hydrogen-bond donors (Lipinski definition) is 1. The summed E-state index contributed by atoms with van der Waals surface area (Å²) in [5.74, 6) is 1.60. The highest BCUT2D eigenvalue weighted by Gasteiger charge is 2.33. The Bertz CT molecular complexity index is 711. The van der Waals surface area contributed by atoms with Gasteiger partial charge >= 0.3 is 5.97 Å². The van der Waals surface area contributed by atoms with Crippen LogP contribution in [-0.2, 0) is 0 Å². The third-order valence-electron chi connectivity index (χ3n) is 4.73. The molecule has 110 valence electrons. The molecular formula is C17H20N2O2. The molecule has 0 radical (unpaired) electrons. The predicted molar refractivity (Wildman–Crippen MR) is 80.7 cm³/mol. The van der Waals surface area contributed by atoms with Gasteiger partial charge in [-0.1, -0.05) is 18.9 Å². The first-order valence-corrected chi connectivity index (χ1v) is 7.89. The summed E-state index contributed by atoms with van der Waals surface area (Å²) in [5, 5.41) is 9.38. The maximum Gasteiger partial charge on any atom is 0.337 e. The van der Waals surface area contributed by atoms with E-state index in [2.05, 4.69) is 11.5 Å². The van der Waals surface area contributed by atoms with Gasteiger partial charge in [0.05, 0.1) is 11.1 Å². The number of carbonyl (C=O) groups is 1. The second-order valence-corrected chi connectivity index (χ2v) is 6.62. The van der Waals surface area contributed by atoms with Crippen molar-refractivity contribution in [3.8, 4) is 0 Å². The van der Waals surface area contributed by atoms with Gasteiger partial charge in [0, 0.05) is 12.0 Å². The van der Waals surface area contributed by atoms with E-state index >= 15 is 0 Å². The van der Waals surface area contributed by atoms with Crippen molar-refractivity contribution in [2.45, 2.75) is 51.0 Å². The van der Waals surface area contributed by atoms with Crippen molar-refractivity contribution in [3.05, 3.63) is 29.6 Å². The molecule has 0 aliphatic heterocycles. The van der Waals surface area contributed by atoms with Gasteiger partial charge in [0.1, 0.15) is 11.3 Å². The van der Waals surface area contributed by atoms with Gasteiger partial charge in [-0.3, -0.25) is 0 Å². The molecule has 0 saturated heterocycles. The second-order valence-electron chi connectivity index (χ2n) is 6.62. The van der Waals surface area contributed by atoms with E-state index in [4.69, 9.17) is 4.98 Å². The van der Waals surface area contributed by atoms with Crippen LogP contribution >= 0.6 is 0 Å². The molecule has 2 aromatic rings. The molecule has 2 aliphatic rings. The second kappa shape index (κ2) is 4.58. The van der Waals surface area contributed by atoms with Gasteiger partial charge in [-0.2, -0.15) is 0 Å². The lowest BCUT2D eigenvalue weighted by Crippen LogP contribution is -2.09. The SMILES string of the molecule is CC(CC1CC1)n1c(C2CC2)nc2c(C(=O)O)cccc21. The number of nitrogens with zero attached hydrogens (tertiary/aromatic N) is 2. The Morgan fingerprint density at radius 1 is 1.38 bits per heavy atom. The molecule has 2 saturated carbocycles. The summed E-state index contributed by atoms with van der Waals surface area (Å²) in [5.41, 5.74) is 1.98. The van der Waals surface area contributed by atoms with Crippen molar-refractivity contribution in [1.29, 1.82) is 0 Å². The van der Waals surface area contributed by atoms with Gasteiger partial charge in [0.15, 0.2) is 0 Å². The number of aromatic carboxylic acids is 1. The van der Waals surface area contributed by atoms with Gasteiger partial charge < -0.3 is 9.67 Å². The Morgan fingerprint density at radius 3 is 2.76 bits per heavy atom. The van der Waals surface area contributed by atoms with Crippen LogP contribution in [0.2, 0.25) is 0 Å². The fraction of sp³-hybridized carbons (Fsp3) is 0.529. The van der Waals surface area contributed by atoms with Crippen LogP contribution in [0.3, 0.4) is 0 Å². The number of carboxylic acids is 1.